The fourth-order valence-corrected chi connectivity index (χ4v) is 0.781. The van der Waals surface area contributed by atoms with Gasteiger partial charge in [0.15, 0.2) is 0 Å². The molecule has 0 unspecified atom stereocenters. The van der Waals surface area contributed by atoms with E-state index < -0.39 is 6.81 Å². The minimum atomic E-state index is -0.735. The lowest BCUT2D eigenvalue weighted by molar-refractivity contribution is 0.573. The first-order chi connectivity index (χ1) is 4.84. The second kappa shape index (κ2) is 3.44. The minimum Gasteiger partial charge on any atom is -0.458 e. The zero-order chi connectivity index (χ0) is 7.40. The molecule has 4 heteroatoms. The summed E-state index contributed by atoms with van der Waals surface area (Å²) in [6, 6.07) is 9.08. The van der Waals surface area contributed by atoms with Crippen molar-refractivity contribution in [3.05, 3.63) is 30.3 Å². The molecule has 0 bridgehead atoms. The third-order valence-electron chi connectivity index (χ3n) is 1.36. The summed E-state index contributed by atoms with van der Waals surface area (Å²) in [5.41, 5.74) is 0.755. The van der Waals surface area contributed by atoms with Crippen LogP contribution >= 0.6 is 0 Å². The van der Waals surface area contributed by atoms with Gasteiger partial charge in [-0.2, -0.15) is 0 Å². The first-order valence-corrected chi connectivity index (χ1v) is 3.18. The van der Waals surface area contributed by atoms with Crippen molar-refractivity contribution in [2.45, 2.75) is 0 Å². The molecule has 50 valence electrons. The van der Waals surface area contributed by atoms with Crippen LogP contribution in [0.4, 0.5) is 0 Å². The fourth-order valence-electron chi connectivity index (χ4n) is 0.781. The van der Waals surface area contributed by atoms with Gasteiger partial charge in [0.1, 0.15) is 0 Å². The summed E-state index contributed by atoms with van der Waals surface area (Å²) in [6.07, 6.45) is 0. The quantitative estimate of drug-likeness (QED) is 0.494. The largest absolute Gasteiger partial charge is 0.458 e. The Balaban J connectivity index is 2.75. The van der Waals surface area contributed by atoms with E-state index in [2.05, 4.69) is 0 Å². The van der Waals surface area contributed by atoms with Gasteiger partial charge in [-0.25, -0.2) is 0 Å². The highest BCUT2D eigenvalue weighted by molar-refractivity contribution is 7.12. The topological polar surface area (TPSA) is 40.5 Å². The van der Waals surface area contributed by atoms with Crippen LogP contribution in [-0.4, -0.2) is 24.2 Å². The Morgan fingerprint density at radius 1 is 1.20 bits per heavy atom. The Morgan fingerprint density at radius 3 is 2.30 bits per heavy atom. The van der Waals surface area contributed by atoms with Gasteiger partial charge < -0.3 is 10.0 Å². The van der Waals surface area contributed by atoms with Gasteiger partial charge in [-0.3, -0.25) is 0 Å². The first-order valence-electron chi connectivity index (χ1n) is 3.18. The minimum absolute atomic E-state index is 0.218. The molecule has 1 aromatic rings. The fraction of sp³-hybridized carbons (Fsp3) is 0. The molecule has 0 spiro atoms. The molecule has 0 atom stereocenters. The van der Waals surface area contributed by atoms with Gasteiger partial charge in [0.05, 0.1) is 0 Å². The molecular weight excluding hydrogens is 126 g/mol. The lowest BCUT2D eigenvalue weighted by Gasteiger charge is -1.99. The molecule has 0 amide bonds. The molecule has 0 aliphatic rings. The second-order valence-corrected chi connectivity index (χ2v) is 2.11. The average Bonchev–Trinajstić information content (AvgIpc) is 2.05. The normalized spacial score (nSPS) is 9.00. The standard InChI is InChI=1S/C6H8B2O2/c9-7-8(10)6-4-2-1-3-5-6/h1-5,7,9-10H. The molecular formula is C6H8B2O2. The Labute approximate surface area is 60.9 Å². The predicted molar refractivity (Wildman–Crippen MR) is 43.4 cm³/mol. The van der Waals surface area contributed by atoms with Crippen molar-refractivity contribution < 1.29 is 10.0 Å². The Kier molecular flexibility index (Phi) is 2.54. The van der Waals surface area contributed by atoms with Gasteiger partial charge in [-0.1, -0.05) is 35.8 Å². The SMILES string of the molecule is OBB(O)c1ccccc1. The van der Waals surface area contributed by atoms with Gasteiger partial charge in [0.2, 0.25) is 0 Å². The van der Waals surface area contributed by atoms with Crippen LogP contribution in [0.5, 0.6) is 0 Å². The summed E-state index contributed by atoms with van der Waals surface area (Å²) >= 11 is 0. The van der Waals surface area contributed by atoms with Gasteiger partial charge in [0, 0.05) is 0 Å². The summed E-state index contributed by atoms with van der Waals surface area (Å²) in [5.74, 6) is 0. The van der Waals surface area contributed by atoms with Crippen LogP contribution in [-0.2, 0) is 0 Å². The molecule has 10 heavy (non-hydrogen) atoms. The van der Waals surface area contributed by atoms with Crippen molar-refractivity contribution in [2.75, 3.05) is 0 Å². The molecule has 0 aliphatic carbocycles. The van der Waals surface area contributed by atoms with Crippen molar-refractivity contribution in [3.63, 3.8) is 0 Å². The maximum Gasteiger partial charge on any atom is 0.315 e. The summed E-state index contributed by atoms with van der Waals surface area (Å²) in [4.78, 5) is 0. The zero-order valence-corrected chi connectivity index (χ0v) is 5.57. The molecule has 0 heterocycles. The molecule has 0 saturated heterocycles. The van der Waals surface area contributed by atoms with Crippen molar-refractivity contribution in [2.24, 2.45) is 0 Å². The van der Waals surface area contributed by atoms with Gasteiger partial charge in [0.25, 0.3) is 7.37 Å². The Bertz CT molecular complexity index is 190. The lowest BCUT2D eigenvalue weighted by Crippen LogP contribution is -2.36. The second-order valence-electron chi connectivity index (χ2n) is 2.11. The summed E-state index contributed by atoms with van der Waals surface area (Å²) in [7, 11) is -0.218. The molecule has 0 radical (unpaired) electrons. The third kappa shape index (κ3) is 1.62. The number of benzene rings is 1. The van der Waals surface area contributed by atoms with E-state index in [0.29, 0.717) is 0 Å². The van der Waals surface area contributed by atoms with Crippen molar-refractivity contribution in [1.29, 1.82) is 0 Å². The predicted octanol–water partition coefficient (Wildman–Crippen LogP) is -1.28. The van der Waals surface area contributed by atoms with Crippen LogP contribution in [0.2, 0.25) is 0 Å². The van der Waals surface area contributed by atoms with Crippen LogP contribution in [0.1, 0.15) is 0 Å². The van der Waals surface area contributed by atoms with E-state index in [4.69, 9.17) is 10.0 Å². The maximum absolute atomic E-state index is 9.08. The van der Waals surface area contributed by atoms with Crippen LogP contribution < -0.4 is 5.46 Å². The van der Waals surface area contributed by atoms with Crippen LogP contribution in [0.3, 0.4) is 0 Å². The van der Waals surface area contributed by atoms with Gasteiger partial charge in [-0.15, -0.1) is 0 Å². The number of hydrogen-bond acceptors (Lipinski definition) is 2. The monoisotopic (exact) mass is 134 g/mol. The average molecular weight is 134 g/mol. The summed E-state index contributed by atoms with van der Waals surface area (Å²) < 4.78 is 0. The summed E-state index contributed by atoms with van der Waals surface area (Å²) in [6.45, 7) is -0.735. The molecule has 1 rings (SSSR count). The maximum atomic E-state index is 9.08. The van der Waals surface area contributed by atoms with E-state index in [-0.39, 0.29) is 7.37 Å². The van der Waals surface area contributed by atoms with Crippen molar-refractivity contribution >= 4 is 19.6 Å². The van der Waals surface area contributed by atoms with E-state index in [9.17, 15) is 0 Å². The van der Waals surface area contributed by atoms with Gasteiger partial charge in [-0.05, 0) is 0 Å². The molecule has 0 fully saturated rings. The van der Waals surface area contributed by atoms with Crippen LogP contribution in [0.25, 0.3) is 0 Å². The first kappa shape index (κ1) is 7.38. The van der Waals surface area contributed by atoms with E-state index in [1.807, 2.05) is 18.2 Å². The Hall–Kier alpha value is -0.730. The van der Waals surface area contributed by atoms with Crippen molar-refractivity contribution in [1.82, 2.24) is 0 Å². The van der Waals surface area contributed by atoms with E-state index >= 15 is 0 Å². The number of hydrogen-bond donors (Lipinski definition) is 2. The highest BCUT2D eigenvalue weighted by atomic mass is 16.2. The summed E-state index contributed by atoms with van der Waals surface area (Å²) in [5, 5.41) is 17.6. The molecule has 0 saturated carbocycles. The highest BCUT2D eigenvalue weighted by Gasteiger charge is 2.11. The van der Waals surface area contributed by atoms with Crippen LogP contribution in [0, 0.1) is 0 Å². The van der Waals surface area contributed by atoms with E-state index in [1.165, 1.54) is 0 Å². The van der Waals surface area contributed by atoms with Gasteiger partial charge >= 0.3 is 6.81 Å². The zero-order valence-electron chi connectivity index (χ0n) is 5.57. The molecule has 2 nitrogen and oxygen atoms in total. The Morgan fingerprint density at radius 2 is 1.80 bits per heavy atom. The molecule has 2 N–H and O–H groups in total. The third-order valence-corrected chi connectivity index (χ3v) is 1.36. The van der Waals surface area contributed by atoms with E-state index in [0.717, 1.165) is 5.46 Å². The number of rotatable bonds is 2. The lowest BCUT2D eigenvalue weighted by atomic mass is 9.39. The smallest absolute Gasteiger partial charge is 0.315 e. The molecule has 1 aromatic carbocycles. The molecule has 0 aromatic heterocycles. The highest BCUT2D eigenvalue weighted by Crippen LogP contribution is 1.83. The van der Waals surface area contributed by atoms with E-state index in [1.54, 1.807) is 12.1 Å². The van der Waals surface area contributed by atoms with Crippen molar-refractivity contribution in [3.8, 4) is 0 Å². The van der Waals surface area contributed by atoms with Crippen LogP contribution in [0.15, 0.2) is 30.3 Å². The molecule has 0 aliphatic heterocycles.